The van der Waals surface area contributed by atoms with E-state index in [1.54, 1.807) is 13.8 Å². The van der Waals surface area contributed by atoms with Crippen molar-refractivity contribution in [1.29, 1.82) is 10.5 Å². The molecule has 0 unspecified atom stereocenters. The molecule has 0 fully saturated rings. The van der Waals surface area contributed by atoms with E-state index in [4.69, 9.17) is 20.7 Å². The van der Waals surface area contributed by atoms with Gasteiger partial charge in [-0.2, -0.15) is 20.8 Å². The molecule has 0 aliphatic heterocycles. The Morgan fingerprint density at radius 1 is 0.889 bits per heavy atom. The molecule has 0 aromatic rings. The van der Waals surface area contributed by atoms with E-state index in [-0.39, 0.29) is 13.2 Å². The first-order valence-electron chi connectivity index (χ1n) is 5.93. The molecular formula is C12H20N4O2. The first-order valence-corrected chi connectivity index (χ1v) is 5.93. The van der Waals surface area contributed by atoms with Crippen LogP contribution >= 0.6 is 0 Å². The van der Waals surface area contributed by atoms with E-state index in [2.05, 4.69) is 10.2 Å². The minimum Gasteiger partial charge on any atom is -0.396 e. The van der Waals surface area contributed by atoms with E-state index in [0.29, 0.717) is 25.7 Å². The molecule has 0 saturated carbocycles. The van der Waals surface area contributed by atoms with Crippen LogP contribution in [0.4, 0.5) is 0 Å². The van der Waals surface area contributed by atoms with Crippen LogP contribution in [0.5, 0.6) is 0 Å². The van der Waals surface area contributed by atoms with Crippen LogP contribution in [0.3, 0.4) is 0 Å². The molecule has 2 atom stereocenters. The second kappa shape index (κ2) is 7.75. The number of aliphatic hydroxyl groups excluding tert-OH is 2. The van der Waals surface area contributed by atoms with E-state index in [1.165, 1.54) is 0 Å². The van der Waals surface area contributed by atoms with Gasteiger partial charge in [0.25, 0.3) is 0 Å². The topological polar surface area (TPSA) is 113 Å². The largest absolute Gasteiger partial charge is 0.396 e. The van der Waals surface area contributed by atoms with Gasteiger partial charge < -0.3 is 10.2 Å². The third-order valence-electron chi connectivity index (χ3n) is 2.62. The van der Waals surface area contributed by atoms with Crippen molar-refractivity contribution in [3.8, 4) is 12.1 Å². The van der Waals surface area contributed by atoms with Crippen molar-refractivity contribution in [1.82, 2.24) is 0 Å². The minimum atomic E-state index is -1.01. The average Bonchev–Trinajstić information content (AvgIpc) is 2.40. The maximum atomic E-state index is 9.05. The van der Waals surface area contributed by atoms with Gasteiger partial charge in [0.2, 0.25) is 0 Å². The highest BCUT2D eigenvalue weighted by atomic mass is 16.3. The third kappa shape index (κ3) is 5.72. The number of nitrogens with zero attached hydrogens (tertiary/aromatic N) is 4. The van der Waals surface area contributed by atoms with E-state index in [0.717, 1.165) is 0 Å². The monoisotopic (exact) mass is 252 g/mol. The summed E-state index contributed by atoms with van der Waals surface area (Å²) in [5.74, 6) is 0. The fourth-order valence-corrected chi connectivity index (χ4v) is 1.32. The lowest BCUT2D eigenvalue weighted by Crippen LogP contribution is -2.24. The van der Waals surface area contributed by atoms with Crippen molar-refractivity contribution in [3.63, 3.8) is 0 Å². The molecule has 0 spiro atoms. The van der Waals surface area contributed by atoms with Gasteiger partial charge >= 0.3 is 0 Å². The molecule has 0 saturated heterocycles. The Hall–Kier alpha value is -1.50. The van der Waals surface area contributed by atoms with Gasteiger partial charge in [-0.1, -0.05) is 0 Å². The lowest BCUT2D eigenvalue weighted by Gasteiger charge is -2.19. The van der Waals surface area contributed by atoms with Gasteiger partial charge in [-0.15, -0.1) is 0 Å². The Bertz CT molecular complexity index is 324. The summed E-state index contributed by atoms with van der Waals surface area (Å²) in [4.78, 5) is 0. The fraction of sp³-hybridized carbons (Fsp3) is 0.833. The molecular weight excluding hydrogens is 232 g/mol. The average molecular weight is 252 g/mol. The van der Waals surface area contributed by atoms with Gasteiger partial charge in [0, 0.05) is 13.2 Å². The van der Waals surface area contributed by atoms with Gasteiger partial charge in [-0.05, 0) is 39.5 Å². The van der Waals surface area contributed by atoms with Crippen LogP contribution in [0.15, 0.2) is 10.2 Å². The molecule has 0 aliphatic carbocycles. The van der Waals surface area contributed by atoms with Crippen LogP contribution in [0.2, 0.25) is 0 Å². The van der Waals surface area contributed by atoms with Gasteiger partial charge in [0.05, 0.1) is 12.1 Å². The second-order valence-corrected chi connectivity index (χ2v) is 4.63. The number of aliphatic hydroxyl groups is 2. The zero-order chi connectivity index (χ0) is 14.1. The molecule has 2 N–H and O–H groups in total. The molecule has 0 heterocycles. The molecule has 0 aromatic heterocycles. The number of hydrogen-bond acceptors (Lipinski definition) is 6. The first kappa shape index (κ1) is 16.5. The maximum Gasteiger partial charge on any atom is 0.164 e. The Kier molecular flexibility index (Phi) is 7.11. The predicted molar refractivity (Wildman–Crippen MR) is 65.5 cm³/mol. The van der Waals surface area contributed by atoms with Gasteiger partial charge in [-0.3, -0.25) is 0 Å². The summed E-state index contributed by atoms with van der Waals surface area (Å²) >= 11 is 0. The number of hydrogen-bond donors (Lipinski definition) is 2. The SMILES string of the molecule is C[C@](C#N)(CCCO)N=N[C@@](C)(C#N)CCCO. The quantitative estimate of drug-likeness (QED) is 0.638. The standard InChI is InChI=1S/C12H20N4O2/c1-11(9-13,5-3-7-17)15-16-12(2,10-14)6-4-8-18/h17-18H,3-8H2,1-2H3/t11-,12-/m1/s1. The van der Waals surface area contributed by atoms with Gasteiger partial charge in [0.1, 0.15) is 0 Å². The Morgan fingerprint density at radius 3 is 1.44 bits per heavy atom. The zero-order valence-corrected chi connectivity index (χ0v) is 10.9. The summed E-state index contributed by atoms with van der Waals surface area (Å²) in [5.41, 5.74) is -2.03. The summed E-state index contributed by atoms with van der Waals surface area (Å²) in [6.45, 7) is 3.23. The summed E-state index contributed by atoms with van der Waals surface area (Å²) in [5, 5.41) is 43.5. The Morgan fingerprint density at radius 2 is 1.22 bits per heavy atom. The highest BCUT2D eigenvalue weighted by Gasteiger charge is 2.27. The van der Waals surface area contributed by atoms with Crippen LogP contribution in [0, 0.1) is 22.7 Å². The fourth-order valence-electron chi connectivity index (χ4n) is 1.32. The summed E-state index contributed by atoms with van der Waals surface area (Å²) in [7, 11) is 0. The first-order chi connectivity index (χ1) is 8.45. The number of rotatable bonds is 8. The van der Waals surface area contributed by atoms with E-state index in [9.17, 15) is 0 Å². The van der Waals surface area contributed by atoms with Crippen molar-refractivity contribution in [3.05, 3.63) is 0 Å². The zero-order valence-electron chi connectivity index (χ0n) is 10.9. The van der Waals surface area contributed by atoms with Gasteiger partial charge in [0.15, 0.2) is 11.1 Å². The number of nitriles is 2. The number of azo groups is 1. The van der Waals surface area contributed by atoms with Crippen molar-refractivity contribution in [2.75, 3.05) is 13.2 Å². The predicted octanol–water partition coefficient (Wildman–Crippen LogP) is 1.55. The highest BCUT2D eigenvalue weighted by Crippen LogP contribution is 2.22. The van der Waals surface area contributed by atoms with E-state index < -0.39 is 11.1 Å². The summed E-state index contributed by atoms with van der Waals surface area (Å²) in [6, 6.07) is 4.07. The Balaban J connectivity index is 4.75. The molecule has 0 bridgehead atoms. The molecule has 0 radical (unpaired) electrons. The summed E-state index contributed by atoms with van der Waals surface area (Å²) in [6.07, 6.45) is 1.71. The lowest BCUT2D eigenvalue weighted by molar-refractivity contribution is 0.267. The molecule has 100 valence electrons. The van der Waals surface area contributed by atoms with Crippen molar-refractivity contribution in [2.45, 2.75) is 50.6 Å². The lowest BCUT2D eigenvalue weighted by atomic mass is 9.98. The summed E-state index contributed by atoms with van der Waals surface area (Å²) < 4.78 is 0. The molecule has 6 heteroatoms. The van der Waals surface area contributed by atoms with Crippen LogP contribution in [0.1, 0.15) is 39.5 Å². The Labute approximate surface area is 108 Å². The second-order valence-electron chi connectivity index (χ2n) is 4.63. The highest BCUT2D eigenvalue weighted by molar-refractivity contribution is 5.07. The molecule has 0 rings (SSSR count). The van der Waals surface area contributed by atoms with Crippen LogP contribution in [-0.4, -0.2) is 34.5 Å². The van der Waals surface area contributed by atoms with Crippen molar-refractivity contribution in [2.24, 2.45) is 10.2 Å². The van der Waals surface area contributed by atoms with E-state index >= 15 is 0 Å². The molecule has 6 nitrogen and oxygen atoms in total. The molecule has 0 aliphatic rings. The molecule has 18 heavy (non-hydrogen) atoms. The van der Waals surface area contributed by atoms with Crippen molar-refractivity contribution < 1.29 is 10.2 Å². The normalized spacial score (nSPS) is 17.7. The third-order valence-corrected chi connectivity index (χ3v) is 2.62. The van der Waals surface area contributed by atoms with Crippen LogP contribution in [-0.2, 0) is 0 Å². The molecule has 0 amide bonds. The smallest absolute Gasteiger partial charge is 0.164 e. The van der Waals surface area contributed by atoms with E-state index in [1.807, 2.05) is 12.1 Å². The maximum absolute atomic E-state index is 9.05. The van der Waals surface area contributed by atoms with Gasteiger partial charge in [-0.25, -0.2) is 0 Å². The molecule has 0 aromatic carbocycles. The van der Waals surface area contributed by atoms with Crippen molar-refractivity contribution >= 4 is 0 Å². The minimum absolute atomic E-state index is 0.00712. The van der Waals surface area contributed by atoms with Crippen LogP contribution in [0.25, 0.3) is 0 Å². The van der Waals surface area contributed by atoms with Crippen LogP contribution < -0.4 is 0 Å².